The molecule has 1 nitrogen and oxygen atoms in total. The van der Waals surface area contributed by atoms with Gasteiger partial charge in [0.2, 0.25) is 0 Å². The van der Waals surface area contributed by atoms with E-state index in [1.54, 1.807) is 6.07 Å². The fourth-order valence-electron chi connectivity index (χ4n) is 2.18. The third-order valence-electron chi connectivity index (χ3n) is 3.25. The van der Waals surface area contributed by atoms with E-state index in [2.05, 4.69) is 33.4 Å². The molecule has 2 aromatic rings. The van der Waals surface area contributed by atoms with Gasteiger partial charge in [0.25, 0.3) is 0 Å². The van der Waals surface area contributed by atoms with Crippen LogP contribution in [0, 0.1) is 11.6 Å². The lowest BCUT2D eigenvalue weighted by Gasteiger charge is -2.16. The summed E-state index contributed by atoms with van der Waals surface area (Å²) in [5.41, 5.74) is 1.99. The van der Waals surface area contributed by atoms with Crippen LogP contribution >= 0.6 is 15.9 Å². The molecule has 2 aromatic carbocycles. The lowest BCUT2D eigenvalue weighted by molar-refractivity contribution is 0.503. The second-order valence-corrected chi connectivity index (χ2v) is 5.69. The molecule has 0 aliphatic rings. The van der Waals surface area contributed by atoms with E-state index in [1.807, 2.05) is 19.2 Å². The van der Waals surface area contributed by atoms with Crippen LogP contribution in [0.1, 0.15) is 11.1 Å². The van der Waals surface area contributed by atoms with Crippen LogP contribution in [0.3, 0.4) is 0 Å². The average molecular weight is 340 g/mol. The van der Waals surface area contributed by atoms with Gasteiger partial charge in [-0.05, 0) is 55.3 Å². The summed E-state index contributed by atoms with van der Waals surface area (Å²) in [6.07, 6.45) is 1.48. The van der Waals surface area contributed by atoms with E-state index >= 15 is 0 Å². The Labute approximate surface area is 126 Å². The molecule has 0 heterocycles. The predicted molar refractivity (Wildman–Crippen MR) is 80.8 cm³/mol. The zero-order chi connectivity index (χ0) is 14.5. The number of benzene rings is 2. The smallest absolute Gasteiger partial charge is 0.159 e. The molecule has 1 N–H and O–H groups in total. The molecule has 0 aromatic heterocycles. The maximum Gasteiger partial charge on any atom is 0.159 e. The summed E-state index contributed by atoms with van der Waals surface area (Å²) in [5.74, 6) is -1.60. The van der Waals surface area contributed by atoms with Gasteiger partial charge in [-0.1, -0.05) is 34.1 Å². The van der Waals surface area contributed by atoms with E-state index in [0.29, 0.717) is 6.42 Å². The maximum absolute atomic E-state index is 13.2. The number of hydrogen-bond acceptors (Lipinski definition) is 1. The van der Waals surface area contributed by atoms with Gasteiger partial charge in [-0.15, -0.1) is 0 Å². The van der Waals surface area contributed by atoms with Crippen LogP contribution in [0.4, 0.5) is 8.78 Å². The van der Waals surface area contributed by atoms with Gasteiger partial charge in [0, 0.05) is 10.5 Å². The van der Waals surface area contributed by atoms with Gasteiger partial charge in [0.15, 0.2) is 11.6 Å². The van der Waals surface area contributed by atoms with Crippen molar-refractivity contribution in [1.29, 1.82) is 0 Å². The highest BCUT2D eigenvalue weighted by molar-refractivity contribution is 9.10. The molecule has 0 saturated heterocycles. The Morgan fingerprint density at radius 2 is 1.70 bits per heavy atom. The summed E-state index contributed by atoms with van der Waals surface area (Å²) in [7, 11) is 1.88. The number of rotatable bonds is 5. The van der Waals surface area contributed by atoms with E-state index < -0.39 is 11.6 Å². The SMILES string of the molecule is CNC(Cc1cccc(Br)c1)Cc1ccc(F)c(F)c1. The first-order valence-electron chi connectivity index (χ1n) is 6.44. The van der Waals surface area contributed by atoms with Crippen LogP contribution in [-0.4, -0.2) is 13.1 Å². The first-order chi connectivity index (χ1) is 9.58. The molecule has 20 heavy (non-hydrogen) atoms. The van der Waals surface area contributed by atoms with Crippen molar-refractivity contribution < 1.29 is 8.78 Å². The minimum Gasteiger partial charge on any atom is -0.316 e. The largest absolute Gasteiger partial charge is 0.316 e. The van der Waals surface area contributed by atoms with Crippen molar-refractivity contribution in [2.75, 3.05) is 7.05 Å². The summed E-state index contributed by atoms with van der Waals surface area (Å²) in [6, 6.07) is 12.3. The quantitative estimate of drug-likeness (QED) is 0.864. The lowest BCUT2D eigenvalue weighted by Crippen LogP contribution is -2.30. The monoisotopic (exact) mass is 339 g/mol. The molecule has 0 amide bonds. The molecule has 0 radical (unpaired) electrons. The van der Waals surface area contributed by atoms with Crippen LogP contribution in [0.2, 0.25) is 0 Å². The number of hydrogen-bond donors (Lipinski definition) is 1. The molecule has 106 valence electrons. The Morgan fingerprint density at radius 3 is 2.30 bits per heavy atom. The summed E-state index contributed by atoms with van der Waals surface area (Å²) in [4.78, 5) is 0. The van der Waals surface area contributed by atoms with Crippen molar-refractivity contribution in [1.82, 2.24) is 5.32 Å². The minimum atomic E-state index is -0.804. The first kappa shape index (κ1) is 15.1. The fraction of sp³-hybridized carbons (Fsp3) is 0.250. The Morgan fingerprint density at radius 1 is 1.00 bits per heavy atom. The standard InChI is InChI=1S/C16H16BrF2N/c1-20-14(8-11-3-2-4-13(17)7-11)9-12-5-6-15(18)16(19)10-12/h2-7,10,14,20H,8-9H2,1H3. The maximum atomic E-state index is 13.2. The van der Waals surface area contributed by atoms with E-state index in [1.165, 1.54) is 17.7 Å². The zero-order valence-electron chi connectivity index (χ0n) is 11.2. The predicted octanol–water partition coefficient (Wildman–Crippen LogP) is 4.10. The molecule has 0 saturated carbocycles. The Bertz CT molecular complexity index is 586. The summed E-state index contributed by atoms with van der Waals surface area (Å²) in [5, 5.41) is 3.22. The van der Waals surface area contributed by atoms with Gasteiger partial charge in [-0.2, -0.15) is 0 Å². The first-order valence-corrected chi connectivity index (χ1v) is 7.23. The van der Waals surface area contributed by atoms with Crippen LogP contribution < -0.4 is 5.32 Å². The highest BCUT2D eigenvalue weighted by Crippen LogP contribution is 2.16. The third kappa shape index (κ3) is 4.12. The van der Waals surface area contributed by atoms with Crippen molar-refractivity contribution >= 4 is 15.9 Å². The fourth-order valence-corrected chi connectivity index (χ4v) is 2.62. The molecule has 0 fully saturated rings. The van der Waals surface area contributed by atoms with Crippen LogP contribution in [0.15, 0.2) is 46.9 Å². The number of nitrogens with one attached hydrogen (secondary N) is 1. The second kappa shape index (κ2) is 6.95. The number of halogens is 3. The van der Waals surface area contributed by atoms with Gasteiger partial charge < -0.3 is 5.32 Å². The van der Waals surface area contributed by atoms with Gasteiger partial charge in [-0.3, -0.25) is 0 Å². The highest BCUT2D eigenvalue weighted by atomic mass is 79.9. The highest BCUT2D eigenvalue weighted by Gasteiger charge is 2.10. The van der Waals surface area contributed by atoms with Crippen molar-refractivity contribution in [3.8, 4) is 0 Å². The molecular weight excluding hydrogens is 324 g/mol. The molecule has 1 atom stereocenters. The van der Waals surface area contributed by atoms with Crippen LogP contribution in [-0.2, 0) is 12.8 Å². The van der Waals surface area contributed by atoms with Gasteiger partial charge in [-0.25, -0.2) is 8.78 Å². The molecule has 4 heteroatoms. The third-order valence-corrected chi connectivity index (χ3v) is 3.74. The summed E-state index contributed by atoms with van der Waals surface area (Å²) < 4.78 is 27.2. The van der Waals surface area contributed by atoms with E-state index in [0.717, 1.165) is 16.5 Å². The topological polar surface area (TPSA) is 12.0 Å². The molecule has 1 unspecified atom stereocenters. The normalized spacial score (nSPS) is 12.4. The van der Waals surface area contributed by atoms with Gasteiger partial charge in [0.1, 0.15) is 0 Å². The molecular formula is C16H16BrF2N. The van der Waals surface area contributed by atoms with Crippen molar-refractivity contribution in [3.05, 3.63) is 69.7 Å². The summed E-state index contributed by atoms with van der Waals surface area (Å²) >= 11 is 3.45. The van der Waals surface area contributed by atoms with E-state index in [9.17, 15) is 8.78 Å². The van der Waals surface area contributed by atoms with Crippen molar-refractivity contribution in [2.45, 2.75) is 18.9 Å². The van der Waals surface area contributed by atoms with Crippen molar-refractivity contribution in [3.63, 3.8) is 0 Å². The molecule has 2 rings (SSSR count). The van der Waals surface area contributed by atoms with E-state index in [4.69, 9.17) is 0 Å². The zero-order valence-corrected chi connectivity index (χ0v) is 12.8. The van der Waals surface area contributed by atoms with Crippen LogP contribution in [0.5, 0.6) is 0 Å². The molecule has 0 spiro atoms. The summed E-state index contributed by atoms with van der Waals surface area (Å²) in [6.45, 7) is 0. The Balaban J connectivity index is 2.07. The van der Waals surface area contributed by atoms with Crippen molar-refractivity contribution in [2.24, 2.45) is 0 Å². The van der Waals surface area contributed by atoms with E-state index in [-0.39, 0.29) is 6.04 Å². The molecule has 0 aliphatic carbocycles. The minimum absolute atomic E-state index is 0.175. The van der Waals surface area contributed by atoms with Gasteiger partial charge in [0.05, 0.1) is 0 Å². The second-order valence-electron chi connectivity index (χ2n) is 4.77. The average Bonchev–Trinajstić information content (AvgIpc) is 2.42. The number of likely N-dealkylation sites (N-methyl/N-ethyl adjacent to an activating group) is 1. The Kier molecular flexibility index (Phi) is 5.26. The Hall–Kier alpha value is -1.26. The van der Waals surface area contributed by atoms with Gasteiger partial charge >= 0.3 is 0 Å². The molecule has 0 bridgehead atoms. The molecule has 0 aliphatic heterocycles. The lowest BCUT2D eigenvalue weighted by atomic mass is 9.99. The van der Waals surface area contributed by atoms with Crippen LogP contribution in [0.25, 0.3) is 0 Å².